The first kappa shape index (κ1) is 22.5. The van der Waals surface area contributed by atoms with E-state index in [1.807, 2.05) is 24.3 Å². The molecule has 0 saturated carbocycles. The van der Waals surface area contributed by atoms with Gasteiger partial charge in [-0.05, 0) is 42.0 Å². The second kappa shape index (κ2) is 12.0. The number of nitrogens with one attached hydrogen (secondary N) is 3. The molecule has 8 heteroatoms. The summed E-state index contributed by atoms with van der Waals surface area (Å²) in [5.74, 6) is 0.515. The van der Waals surface area contributed by atoms with Crippen LogP contribution in [0.3, 0.4) is 0 Å². The van der Waals surface area contributed by atoms with Gasteiger partial charge in [0.15, 0.2) is 5.96 Å². The molecule has 0 spiro atoms. The summed E-state index contributed by atoms with van der Waals surface area (Å²) in [6, 6.07) is 14.4. The van der Waals surface area contributed by atoms with Crippen molar-refractivity contribution in [3.05, 3.63) is 69.7 Å². The number of benzene rings is 2. The van der Waals surface area contributed by atoms with Gasteiger partial charge in [-0.15, -0.1) is 24.0 Å². The number of carbonyl (C=O) groups excluding carboxylic acids is 1. The smallest absolute Gasteiger partial charge is 0.251 e. The minimum atomic E-state index is -0.139. The number of carbonyl (C=O) groups is 1. The van der Waals surface area contributed by atoms with Gasteiger partial charge in [0.1, 0.15) is 0 Å². The maximum Gasteiger partial charge on any atom is 0.251 e. The van der Waals surface area contributed by atoms with Crippen molar-refractivity contribution in [1.29, 1.82) is 0 Å². The molecule has 0 radical (unpaired) electrons. The fourth-order valence-electron chi connectivity index (χ4n) is 2.11. The molecule has 0 unspecified atom stereocenters. The summed E-state index contributed by atoms with van der Waals surface area (Å²) in [5, 5.41) is 10.5. The molecule has 0 aliphatic rings. The van der Waals surface area contributed by atoms with E-state index in [2.05, 4.69) is 20.9 Å². The molecule has 2 aromatic rings. The number of hydrogen-bond acceptors (Lipinski definition) is 2. The number of halogens is 3. The third-order valence-electron chi connectivity index (χ3n) is 3.38. The highest BCUT2D eigenvalue weighted by atomic mass is 127. The standard InChI is InChI=1S/C18H20Cl2N4O.HI/c1-21-18(24-12-13-3-2-4-16(20)11-13)23-10-9-22-17(25)14-5-7-15(19)8-6-14;/h2-8,11H,9-10,12H2,1H3,(H,22,25)(H2,21,23,24);1H. The first-order chi connectivity index (χ1) is 12.1. The Labute approximate surface area is 180 Å². The van der Waals surface area contributed by atoms with Gasteiger partial charge in [0, 0.05) is 42.3 Å². The normalized spacial score (nSPS) is 10.7. The second-order valence-corrected chi connectivity index (χ2v) is 6.12. The zero-order valence-electron chi connectivity index (χ0n) is 14.3. The molecule has 0 aromatic heterocycles. The Morgan fingerprint density at radius 2 is 1.65 bits per heavy atom. The molecule has 0 aliphatic carbocycles. The van der Waals surface area contributed by atoms with Crippen LogP contribution in [0.5, 0.6) is 0 Å². The molecule has 1 amide bonds. The number of aliphatic imine (C=N–C) groups is 1. The summed E-state index contributed by atoms with van der Waals surface area (Å²) < 4.78 is 0. The van der Waals surface area contributed by atoms with E-state index >= 15 is 0 Å². The molecule has 140 valence electrons. The second-order valence-electron chi connectivity index (χ2n) is 5.25. The summed E-state index contributed by atoms with van der Waals surface area (Å²) in [6.07, 6.45) is 0. The SMILES string of the molecule is CN=C(NCCNC(=O)c1ccc(Cl)cc1)NCc1cccc(Cl)c1.I. The van der Waals surface area contributed by atoms with E-state index in [0.717, 1.165) is 5.56 Å². The topological polar surface area (TPSA) is 65.5 Å². The largest absolute Gasteiger partial charge is 0.355 e. The lowest BCUT2D eigenvalue weighted by molar-refractivity contribution is 0.0954. The molecule has 2 aromatic carbocycles. The fourth-order valence-corrected chi connectivity index (χ4v) is 2.45. The van der Waals surface area contributed by atoms with Crippen LogP contribution in [0.2, 0.25) is 10.0 Å². The van der Waals surface area contributed by atoms with Gasteiger partial charge in [-0.2, -0.15) is 0 Å². The van der Waals surface area contributed by atoms with E-state index in [4.69, 9.17) is 23.2 Å². The lowest BCUT2D eigenvalue weighted by Crippen LogP contribution is -2.41. The van der Waals surface area contributed by atoms with Crippen molar-refractivity contribution in [3.63, 3.8) is 0 Å². The van der Waals surface area contributed by atoms with E-state index in [0.29, 0.717) is 41.2 Å². The molecule has 2 rings (SSSR count). The Balaban J connectivity index is 0.00000338. The van der Waals surface area contributed by atoms with Gasteiger partial charge in [-0.1, -0.05) is 35.3 Å². The van der Waals surface area contributed by atoms with Crippen LogP contribution in [-0.4, -0.2) is 32.0 Å². The van der Waals surface area contributed by atoms with Crippen LogP contribution in [0.25, 0.3) is 0 Å². The van der Waals surface area contributed by atoms with Crippen LogP contribution < -0.4 is 16.0 Å². The number of amides is 1. The zero-order valence-corrected chi connectivity index (χ0v) is 18.1. The average molecular weight is 507 g/mol. The molecule has 3 N–H and O–H groups in total. The molecular formula is C18H21Cl2IN4O. The Bertz CT molecular complexity index is 738. The molecule has 26 heavy (non-hydrogen) atoms. The van der Waals surface area contributed by atoms with Gasteiger partial charge in [0.2, 0.25) is 0 Å². The van der Waals surface area contributed by atoms with Crippen molar-refractivity contribution in [2.75, 3.05) is 20.1 Å². The van der Waals surface area contributed by atoms with Crippen molar-refractivity contribution in [2.45, 2.75) is 6.54 Å². The van der Waals surface area contributed by atoms with Crippen LogP contribution in [0.1, 0.15) is 15.9 Å². The summed E-state index contributed by atoms with van der Waals surface area (Å²) in [6.45, 7) is 1.63. The van der Waals surface area contributed by atoms with Crippen LogP contribution in [0.15, 0.2) is 53.5 Å². The Hall–Kier alpha value is -1.51. The molecule has 0 saturated heterocycles. The molecule has 0 atom stereocenters. The maximum absolute atomic E-state index is 12.0. The van der Waals surface area contributed by atoms with Gasteiger partial charge in [-0.3, -0.25) is 9.79 Å². The van der Waals surface area contributed by atoms with Crippen molar-refractivity contribution >= 4 is 59.0 Å². The molecule has 0 heterocycles. The van der Waals surface area contributed by atoms with E-state index in [1.165, 1.54) is 0 Å². The highest BCUT2D eigenvalue weighted by molar-refractivity contribution is 14.0. The summed E-state index contributed by atoms with van der Waals surface area (Å²) >= 11 is 11.8. The van der Waals surface area contributed by atoms with Gasteiger partial charge in [0.05, 0.1) is 0 Å². The maximum atomic E-state index is 12.0. The van der Waals surface area contributed by atoms with Gasteiger partial charge >= 0.3 is 0 Å². The van der Waals surface area contributed by atoms with Crippen molar-refractivity contribution < 1.29 is 4.79 Å². The third kappa shape index (κ3) is 7.80. The number of hydrogen-bond donors (Lipinski definition) is 3. The van der Waals surface area contributed by atoms with E-state index in [-0.39, 0.29) is 29.9 Å². The summed E-state index contributed by atoms with van der Waals surface area (Å²) in [4.78, 5) is 16.1. The van der Waals surface area contributed by atoms with Crippen LogP contribution in [-0.2, 0) is 6.54 Å². The van der Waals surface area contributed by atoms with Gasteiger partial charge in [-0.25, -0.2) is 0 Å². The zero-order chi connectivity index (χ0) is 18.1. The molecule has 0 aliphatic heterocycles. The Morgan fingerprint density at radius 1 is 0.962 bits per heavy atom. The Morgan fingerprint density at radius 3 is 2.31 bits per heavy atom. The molecular weight excluding hydrogens is 486 g/mol. The Kier molecular flexibility index (Phi) is 10.4. The van der Waals surface area contributed by atoms with Crippen LogP contribution >= 0.6 is 47.2 Å². The predicted octanol–water partition coefficient (Wildman–Crippen LogP) is 3.71. The van der Waals surface area contributed by atoms with Gasteiger partial charge < -0.3 is 16.0 Å². The lowest BCUT2D eigenvalue weighted by atomic mass is 10.2. The average Bonchev–Trinajstić information content (AvgIpc) is 2.61. The molecule has 0 fully saturated rings. The van der Waals surface area contributed by atoms with Crippen molar-refractivity contribution in [2.24, 2.45) is 4.99 Å². The number of nitrogens with zero attached hydrogens (tertiary/aromatic N) is 1. The predicted molar refractivity (Wildman–Crippen MR) is 119 cm³/mol. The summed E-state index contributed by atoms with van der Waals surface area (Å²) in [7, 11) is 1.69. The minimum absolute atomic E-state index is 0. The monoisotopic (exact) mass is 506 g/mol. The van der Waals surface area contributed by atoms with Gasteiger partial charge in [0.25, 0.3) is 5.91 Å². The first-order valence-corrected chi connectivity index (χ1v) is 8.57. The van der Waals surface area contributed by atoms with Crippen LogP contribution in [0.4, 0.5) is 0 Å². The molecule has 0 bridgehead atoms. The highest BCUT2D eigenvalue weighted by Gasteiger charge is 2.04. The number of guanidine groups is 1. The van der Waals surface area contributed by atoms with E-state index < -0.39 is 0 Å². The number of rotatable bonds is 6. The van der Waals surface area contributed by atoms with Crippen molar-refractivity contribution in [1.82, 2.24) is 16.0 Å². The first-order valence-electron chi connectivity index (χ1n) is 7.81. The minimum Gasteiger partial charge on any atom is -0.355 e. The van der Waals surface area contributed by atoms with E-state index in [9.17, 15) is 4.79 Å². The molecule has 5 nitrogen and oxygen atoms in total. The third-order valence-corrected chi connectivity index (χ3v) is 3.87. The highest BCUT2D eigenvalue weighted by Crippen LogP contribution is 2.10. The fraction of sp³-hybridized carbons (Fsp3) is 0.222. The lowest BCUT2D eigenvalue weighted by Gasteiger charge is -2.12. The van der Waals surface area contributed by atoms with E-state index in [1.54, 1.807) is 31.3 Å². The quantitative estimate of drug-likeness (QED) is 0.242. The van der Waals surface area contributed by atoms with Crippen molar-refractivity contribution in [3.8, 4) is 0 Å². The van der Waals surface area contributed by atoms with Crippen LogP contribution in [0, 0.1) is 0 Å². The summed E-state index contributed by atoms with van der Waals surface area (Å²) in [5.41, 5.74) is 1.64.